The molecule has 6 nitrogen and oxygen atoms in total. The Morgan fingerprint density at radius 3 is 2.69 bits per heavy atom. The van der Waals surface area contributed by atoms with E-state index in [4.69, 9.17) is 16.7 Å². The molecule has 0 fully saturated rings. The molecule has 3 heterocycles. The molecule has 0 bridgehead atoms. The molecule has 8 heteroatoms. The van der Waals surface area contributed by atoms with Crippen LogP contribution in [0.25, 0.3) is 5.57 Å². The number of hydrogen-bond acceptors (Lipinski definition) is 4. The van der Waals surface area contributed by atoms with Gasteiger partial charge >= 0.3 is 6.03 Å². The molecule has 136 valence electrons. The van der Waals surface area contributed by atoms with Crippen LogP contribution in [0.15, 0.2) is 36.7 Å². The maximum atomic E-state index is 12.5. The van der Waals surface area contributed by atoms with Gasteiger partial charge in [0.1, 0.15) is 12.5 Å². The molecular formula is C18H18ClFN4O2. The zero-order chi connectivity index (χ0) is 18.5. The Morgan fingerprint density at radius 2 is 2.12 bits per heavy atom. The number of anilines is 1. The van der Waals surface area contributed by atoms with Gasteiger partial charge in [0.25, 0.3) is 0 Å². The summed E-state index contributed by atoms with van der Waals surface area (Å²) >= 11 is 6.23. The lowest BCUT2D eigenvalue weighted by atomic mass is 10.0. The highest BCUT2D eigenvalue weighted by Crippen LogP contribution is 2.27. The molecule has 0 saturated carbocycles. The standard InChI is InChI=1S/C18H18ClFN4O2/c19-15-7-13(11-25)10-22-17(15)14-3-5-24(6-4-14)18(26)23-16-2-1-12(8-20)9-21-16/h1-3,7,9-10,25H,4-6,8,11H2,(H,21,23,26). The van der Waals surface area contributed by atoms with E-state index in [1.54, 1.807) is 29.3 Å². The number of carbonyl (C=O) groups excluding carboxylic acids is 1. The van der Waals surface area contributed by atoms with Gasteiger partial charge < -0.3 is 10.0 Å². The van der Waals surface area contributed by atoms with Crippen LogP contribution in [0.4, 0.5) is 15.0 Å². The average Bonchev–Trinajstić information content (AvgIpc) is 2.68. The molecule has 2 N–H and O–H groups in total. The SMILES string of the molecule is O=C(Nc1ccc(CF)cn1)N1CC=C(c2ncc(CO)cc2Cl)CC1. The van der Waals surface area contributed by atoms with Gasteiger partial charge in [-0.05, 0) is 29.7 Å². The summed E-state index contributed by atoms with van der Waals surface area (Å²) in [5.74, 6) is 0.381. The minimum Gasteiger partial charge on any atom is -0.392 e. The number of alkyl halides is 1. The van der Waals surface area contributed by atoms with Crippen molar-refractivity contribution in [2.45, 2.75) is 19.7 Å². The quantitative estimate of drug-likeness (QED) is 0.857. The number of aliphatic hydroxyl groups excluding tert-OH is 1. The first-order valence-electron chi connectivity index (χ1n) is 8.12. The first kappa shape index (κ1) is 18.3. The highest BCUT2D eigenvalue weighted by atomic mass is 35.5. The highest BCUT2D eigenvalue weighted by molar-refractivity contribution is 6.32. The molecule has 26 heavy (non-hydrogen) atoms. The van der Waals surface area contributed by atoms with E-state index in [2.05, 4.69) is 15.3 Å². The molecule has 1 aliphatic rings. The number of aromatic nitrogens is 2. The fourth-order valence-corrected chi connectivity index (χ4v) is 2.95. The van der Waals surface area contributed by atoms with Crippen molar-refractivity contribution in [3.05, 3.63) is 58.5 Å². The predicted molar refractivity (Wildman–Crippen MR) is 97.4 cm³/mol. The van der Waals surface area contributed by atoms with Gasteiger partial charge in [-0.2, -0.15) is 0 Å². The molecule has 2 aromatic rings. The number of halogens is 2. The number of carbonyl (C=O) groups is 1. The van der Waals surface area contributed by atoms with Gasteiger partial charge in [-0.15, -0.1) is 0 Å². The van der Waals surface area contributed by atoms with Crippen molar-refractivity contribution in [1.82, 2.24) is 14.9 Å². The van der Waals surface area contributed by atoms with Crippen molar-refractivity contribution in [2.75, 3.05) is 18.4 Å². The highest BCUT2D eigenvalue weighted by Gasteiger charge is 2.20. The molecule has 3 rings (SSSR count). The lowest BCUT2D eigenvalue weighted by Crippen LogP contribution is -2.38. The smallest absolute Gasteiger partial charge is 0.323 e. The summed E-state index contributed by atoms with van der Waals surface area (Å²) in [4.78, 5) is 22.3. The number of hydrogen-bond donors (Lipinski definition) is 2. The molecule has 0 spiro atoms. The number of pyridine rings is 2. The van der Waals surface area contributed by atoms with Crippen molar-refractivity contribution in [2.24, 2.45) is 0 Å². The van der Waals surface area contributed by atoms with E-state index in [9.17, 15) is 9.18 Å². The Kier molecular flexibility index (Phi) is 5.80. The second kappa shape index (κ2) is 8.25. The minimum absolute atomic E-state index is 0.111. The van der Waals surface area contributed by atoms with E-state index in [0.29, 0.717) is 47.2 Å². The Morgan fingerprint density at radius 1 is 1.31 bits per heavy atom. The van der Waals surface area contributed by atoms with Gasteiger partial charge in [0.15, 0.2) is 0 Å². The first-order valence-corrected chi connectivity index (χ1v) is 8.50. The van der Waals surface area contributed by atoms with Gasteiger partial charge in [0, 0.05) is 31.0 Å². The van der Waals surface area contributed by atoms with Crippen molar-refractivity contribution < 1.29 is 14.3 Å². The van der Waals surface area contributed by atoms with Gasteiger partial charge in [-0.25, -0.2) is 14.2 Å². The van der Waals surface area contributed by atoms with Crippen LogP contribution in [-0.2, 0) is 13.3 Å². The van der Waals surface area contributed by atoms with Crippen LogP contribution in [0.1, 0.15) is 23.2 Å². The van der Waals surface area contributed by atoms with E-state index < -0.39 is 6.67 Å². The maximum absolute atomic E-state index is 12.5. The predicted octanol–water partition coefficient (Wildman–Crippen LogP) is 3.41. The molecule has 0 unspecified atom stereocenters. The molecular weight excluding hydrogens is 359 g/mol. The molecule has 0 radical (unpaired) electrons. The second-order valence-electron chi connectivity index (χ2n) is 5.87. The van der Waals surface area contributed by atoms with Crippen LogP contribution in [0, 0.1) is 0 Å². The molecule has 0 aromatic carbocycles. The average molecular weight is 377 g/mol. The normalized spacial score (nSPS) is 14.1. The van der Waals surface area contributed by atoms with Crippen LogP contribution in [0.3, 0.4) is 0 Å². The van der Waals surface area contributed by atoms with Crippen molar-refractivity contribution in [1.29, 1.82) is 0 Å². The number of nitrogens with zero attached hydrogens (tertiary/aromatic N) is 3. The third-order valence-corrected chi connectivity index (χ3v) is 4.38. The summed E-state index contributed by atoms with van der Waals surface area (Å²) in [6.07, 6.45) is 5.52. The topological polar surface area (TPSA) is 78.4 Å². The van der Waals surface area contributed by atoms with E-state index in [-0.39, 0.29) is 12.6 Å². The molecule has 0 aliphatic carbocycles. The zero-order valence-corrected chi connectivity index (χ0v) is 14.7. The van der Waals surface area contributed by atoms with Gasteiger partial charge in [-0.3, -0.25) is 10.3 Å². The number of rotatable bonds is 4. The van der Waals surface area contributed by atoms with Gasteiger partial charge in [0.2, 0.25) is 0 Å². The Bertz CT molecular complexity index is 826. The lowest BCUT2D eigenvalue weighted by Gasteiger charge is -2.26. The number of aliphatic hydroxyl groups is 1. The van der Waals surface area contributed by atoms with E-state index in [1.165, 1.54) is 6.20 Å². The summed E-state index contributed by atoms with van der Waals surface area (Å²) in [6, 6.07) is 4.58. The Balaban J connectivity index is 1.63. The Labute approximate surface area is 155 Å². The van der Waals surface area contributed by atoms with Gasteiger partial charge in [0.05, 0.1) is 17.3 Å². The molecule has 2 amide bonds. The van der Waals surface area contributed by atoms with Crippen LogP contribution < -0.4 is 5.32 Å². The monoisotopic (exact) mass is 376 g/mol. The summed E-state index contributed by atoms with van der Waals surface area (Å²) in [6.45, 7) is 0.237. The molecule has 1 aliphatic heterocycles. The van der Waals surface area contributed by atoms with Crippen LogP contribution >= 0.6 is 11.6 Å². The van der Waals surface area contributed by atoms with Crippen molar-refractivity contribution in [3.63, 3.8) is 0 Å². The largest absolute Gasteiger partial charge is 0.392 e. The molecule has 0 saturated heterocycles. The van der Waals surface area contributed by atoms with E-state index in [1.807, 2.05) is 6.08 Å². The summed E-state index contributed by atoms with van der Waals surface area (Å²) < 4.78 is 12.5. The summed E-state index contributed by atoms with van der Waals surface area (Å²) in [7, 11) is 0. The fraction of sp³-hybridized carbons (Fsp3) is 0.278. The van der Waals surface area contributed by atoms with Crippen LogP contribution in [0.5, 0.6) is 0 Å². The molecule has 0 atom stereocenters. The maximum Gasteiger partial charge on any atom is 0.323 e. The summed E-state index contributed by atoms with van der Waals surface area (Å²) in [5, 5.41) is 12.3. The third-order valence-electron chi connectivity index (χ3n) is 4.09. The molecule has 2 aromatic heterocycles. The van der Waals surface area contributed by atoms with Crippen LogP contribution in [0.2, 0.25) is 5.02 Å². The number of amides is 2. The zero-order valence-electron chi connectivity index (χ0n) is 14.0. The lowest BCUT2D eigenvalue weighted by molar-refractivity contribution is 0.217. The number of urea groups is 1. The number of nitrogens with one attached hydrogen (secondary N) is 1. The minimum atomic E-state index is -0.587. The van der Waals surface area contributed by atoms with E-state index >= 15 is 0 Å². The van der Waals surface area contributed by atoms with Crippen molar-refractivity contribution in [3.8, 4) is 0 Å². The Hall–Kier alpha value is -2.51. The van der Waals surface area contributed by atoms with E-state index in [0.717, 1.165) is 5.57 Å². The fourth-order valence-electron chi connectivity index (χ4n) is 2.64. The third kappa shape index (κ3) is 4.17. The van der Waals surface area contributed by atoms with Gasteiger partial charge in [-0.1, -0.05) is 23.7 Å². The second-order valence-corrected chi connectivity index (χ2v) is 6.28. The van der Waals surface area contributed by atoms with Crippen LogP contribution in [-0.4, -0.2) is 39.1 Å². The first-order chi connectivity index (χ1) is 12.6. The van der Waals surface area contributed by atoms with Crippen molar-refractivity contribution >= 4 is 29.0 Å². The summed E-state index contributed by atoms with van der Waals surface area (Å²) in [5.41, 5.74) is 2.76.